The van der Waals surface area contributed by atoms with Crippen LogP contribution in [0.3, 0.4) is 0 Å². The van der Waals surface area contributed by atoms with Crippen molar-refractivity contribution in [2.45, 2.75) is 33.1 Å². The van der Waals surface area contributed by atoms with Gasteiger partial charge in [-0.05, 0) is 49.8 Å². The van der Waals surface area contributed by atoms with Gasteiger partial charge in [-0.2, -0.15) is 0 Å². The van der Waals surface area contributed by atoms with Crippen molar-refractivity contribution >= 4 is 5.91 Å². The fraction of sp³-hybridized carbons (Fsp3) is 0.611. The van der Waals surface area contributed by atoms with E-state index in [2.05, 4.69) is 36.6 Å². The molecule has 0 aromatic heterocycles. The highest BCUT2D eigenvalue weighted by Crippen LogP contribution is 2.18. The number of amides is 1. The summed E-state index contributed by atoms with van der Waals surface area (Å²) >= 11 is 0. The maximum Gasteiger partial charge on any atom is 0.223 e. The third-order valence-electron chi connectivity index (χ3n) is 4.45. The monoisotopic (exact) mass is 288 g/mol. The van der Waals surface area contributed by atoms with Crippen molar-refractivity contribution in [2.24, 2.45) is 17.8 Å². The van der Waals surface area contributed by atoms with E-state index < -0.39 is 0 Å². The van der Waals surface area contributed by atoms with E-state index in [9.17, 15) is 4.79 Å². The summed E-state index contributed by atoms with van der Waals surface area (Å²) in [6.45, 7) is 7.31. The Labute approximate surface area is 128 Å². The summed E-state index contributed by atoms with van der Waals surface area (Å²) in [6.07, 6.45) is 3.16. The number of nitrogens with one attached hydrogen (secondary N) is 2. The van der Waals surface area contributed by atoms with Crippen LogP contribution in [0.4, 0.5) is 0 Å². The van der Waals surface area contributed by atoms with E-state index in [1.807, 2.05) is 18.2 Å². The van der Waals surface area contributed by atoms with Gasteiger partial charge in [-0.1, -0.05) is 44.2 Å². The van der Waals surface area contributed by atoms with Crippen LogP contribution in [-0.4, -0.2) is 25.5 Å². The van der Waals surface area contributed by atoms with Gasteiger partial charge in [-0.25, -0.2) is 0 Å². The minimum atomic E-state index is 0.0640. The number of hydrogen-bond donors (Lipinski definition) is 2. The molecule has 3 heteroatoms. The van der Waals surface area contributed by atoms with Gasteiger partial charge in [0.1, 0.15) is 0 Å². The molecule has 1 heterocycles. The fourth-order valence-corrected chi connectivity index (χ4v) is 2.99. The van der Waals surface area contributed by atoms with E-state index in [4.69, 9.17) is 0 Å². The zero-order chi connectivity index (χ0) is 15.1. The molecule has 1 fully saturated rings. The lowest BCUT2D eigenvalue weighted by Gasteiger charge is -2.21. The Morgan fingerprint density at radius 1 is 1.33 bits per heavy atom. The summed E-state index contributed by atoms with van der Waals surface area (Å²) in [5.74, 6) is 1.36. The van der Waals surface area contributed by atoms with Crippen LogP contribution in [0.2, 0.25) is 0 Å². The van der Waals surface area contributed by atoms with Crippen molar-refractivity contribution < 1.29 is 4.79 Å². The van der Waals surface area contributed by atoms with Crippen LogP contribution in [0, 0.1) is 17.8 Å². The first-order valence-corrected chi connectivity index (χ1v) is 8.19. The Kier molecular flexibility index (Phi) is 6.24. The molecule has 1 aromatic carbocycles. The third-order valence-corrected chi connectivity index (χ3v) is 4.45. The molecule has 2 rings (SSSR count). The predicted octanol–water partition coefficient (Wildman–Crippen LogP) is 2.62. The maximum atomic E-state index is 12.4. The zero-order valence-corrected chi connectivity index (χ0v) is 13.3. The van der Waals surface area contributed by atoms with Crippen molar-refractivity contribution in [1.29, 1.82) is 0 Å². The van der Waals surface area contributed by atoms with Crippen LogP contribution in [0.15, 0.2) is 30.3 Å². The Morgan fingerprint density at radius 3 is 2.71 bits per heavy atom. The summed E-state index contributed by atoms with van der Waals surface area (Å²) in [5, 5.41) is 6.52. The van der Waals surface area contributed by atoms with Gasteiger partial charge in [0.25, 0.3) is 0 Å². The molecule has 116 valence electrons. The first-order chi connectivity index (χ1) is 10.2. The van der Waals surface area contributed by atoms with Gasteiger partial charge in [-0.3, -0.25) is 4.79 Å². The quantitative estimate of drug-likeness (QED) is 0.810. The van der Waals surface area contributed by atoms with Gasteiger partial charge >= 0.3 is 0 Å². The molecule has 2 atom stereocenters. The van der Waals surface area contributed by atoms with Crippen LogP contribution < -0.4 is 10.6 Å². The Morgan fingerprint density at radius 2 is 2.10 bits per heavy atom. The highest BCUT2D eigenvalue weighted by atomic mass is 16.1. The van der Waals surface area contributed by atoms with Gasteiger partial charge in [-0.15, -0.1) is 0 Å². The second kappa shape index (κ2) is 8.18. The second-order valence-electron chi connectivity index (χ2n) is 6.48. The smallest absolute Gasteiger partial charge is 0.223 e. The summed E-state index contributed by atoms with van der Waals surface area (Å²) in [6, 6.07) is 10.3. The van der Waals surface area contributed by atoms with Gasteiger partial charge in [0, 0.05) is 12.5 Å². The minimum absolute atomic E-state index is 0.0640. The highest BCUT2D eigenvalue weighted by Gasteiger charge is 2.22. The van der Waals surface area contributed by atoms with E-state index in [0.29, 0.717) is 5.92 Å². The highest BCUT2D eigenvalue weighted by molar-refractivity contribution is 5.79. The fourth-order valence-electron chi connectivity index (χ4n) is 2.99. The molecule has 0 bridgehead atoms. The van der Waals surface area contributed by atoms with Crippen molar-refractivity contribution in [2.75, 3.05) is 19.6 Å². The predicted molar refractivity (Wildman–Crippen MR) is 87.1 cm³/mol. The largest absolute Gasteiger partial charge is 0.356 e. The Hall–Kier alpha value is -1.35. The van der Waals surface area contributed by atoms with E-state index in [1.165, 1.54) is 12.0 Å². The van der Waals surface area contributed by atoms with Crippen LogP contribution in [0.1, 0.15) is 32.3 Å². The molecule has 0 aliphatic carbocycles. The lowest BCUT2D eigenvalue weighted by Crippen LogP contribution is -2.36. The SMILES string of the molecule is CC(C)C(Cc1ccccc1)C(=O)NCCC1CCNC1. The number of carbonyl (C=O) groups excluding carboxylic acids is 1. The Balaban J connectivity index is 1.81. The number of hydrogen-bond acceptors (Lipinski definition) is 2. The molecule has 2 unspecified atom stereocenters. The van der Waals surface area contributed by atoms with Gasteiger partial charge < -0.3 is 10.6 Å². The van der Waals surface area contributed by atoms with Crippen LogP contribution >= 0.6 is 0 Å². The normalized spacial score (nSPS) is 19.7. The molecule has 1 aliphatic heterocycles. The molecule has 1 aromatic rings. The number of benzene rings is 1. The first-order valence-electron chi connectivity index (χ1n) is 8.19. The van der Waals surface area contributed by atoms with E-state index in [-0.39, 0.29) is 11.8 Å². The lowest BCUT2D eigenvalue weighted by atomic mass is 9.88. The molecule has 21 heavy (non-hydrogen) atoms. The molecule has 1 saturated heterocycles. The van der Waals surface area contributed by atoms with E-state index in [0.717, 1.165) is 38.4 Å². The van der Waals surface area contributed by atoms with Crippen LogP contribution in [0.25, 0.3) is 0 Å². The molecular formula is C18H28N2O. The molecule has 0 spiro atoms. The van der Waals surface area contributed by atoms with Crippen LogP contribution in [-0.2, 0) is 11.2 Å². The average Bonchev–Trinajstić information content (AvgIpc) is 2.98. The maximum absolute atomic E-state index is 12.4. The minimum Gasteiger partial charge on any atom is -0.356 e. The standard InChI is InChI=1S/C18H28N2O/c1-14(2)17(12-15-6-4-3-5-7-15)18(21)20-11-9-16-8-10-19-13-16/h3-7,14,16-17,19H,8-13H2,1-2H3,(H,20,21). The molecule has 0 saturated carbocycles. The number of carbonyl (C=O) groups is 1. The molecule has 0 radical (unpaired) electrons. The first kappa shape index (κ1) is 16.0. The van der Waals surface area contributed by atoms with Crippen molar-refractivity contribution in [3.63, 3.8) is 0 Å². The topological polar surface area (TPSA) is 41.1 Å². The van der Waals surface area contributed by atoms with Crippen molar-refractivity contribution in [1.82, 2.24) is 10.6 Å². The molecule has 2 N–H and O–H groups in total. The summed E-state index contributed by atoms with van der Waals surface area (Å²) < 4.78 is 0. The zero-order valence-electron chi connectivity index (χ0n) is 13.3. The molecule has 1 aliphatic rings. The van der Waals surface area contributed by atoms with E-state index >= 15 is 0 Å². The average molecular weight is 288 g/mol. The van der Waals surface area contributed by atoms with Gasteiger partial charge in [0.2, 0.25) is 5.91 Å². The summed E-state index contributed by atoms with van der Waals surface area (Å²) in [7, 11) is 0. The van der Waals surface area contributed by atoms with Crippen molar-refractivity contribution in [3.8, 4) is 0 Å². The summed E-state index contributed by atoms with van der Waals surface area (Å²) in [5.41, 5.74) is 1.24. The van der Waals surface area contributed by atoms with E-state index in [1.54, 1.807) is 0 Å². The van der Waals surface area contributed by atoms with Crippen LogP contribution in [0.5, 0.6) is 0 Å². The third kappa shape index (κ3) is 5.16. The van der Waals surface area contributed by atoms with Crippen molar-refractivity contribution in [3.05, 3.63) is 35.9 Å². The second-order valence-corrected chi connectivity index (χ2v) is 6.48. The summed E-state index contributed by atoms with van der Waals surface area (Å²) in [4.78, 5) is 12.4. The van der Waals surface area contributed by atoms with Gasteiger partial charge in [0.15, 0.2) is 0 Å². The molecular weight excluding hydrogens is 260 g/mol. The molecule has 1 amide bonds. The number of rotatable bonds is 7. The van der Waals surface area contributed by atoms with Gasteiger partial charge in [0.05, 0.1) is 0 Å². The Bertz CT molecular complexity index is 424. The lowest BCUT2D eigenvalue weighted by molar-refractivity contribution is -0.126. The molecule has 3 nitrogen and oxygen atoms in total.